The van der Waals surface area contributed by atoms with Gasteiger partial charge in [-0.2, -0.15) is 0 Å². The molecule has 0 saturated carbocycles. The summed E-state index contributed by atoms with van der Waals surface area (Å²) >= 11 is 0. The summed E-state index contributed by atoms with van der Waals surface area (Å²) in [6, 6.07) is 9.76. The number of anilines is 1. The van der Waals surface area contributed by atoms with Crippen LogP contribution in [0.25, 0.3) is 10.9 Å². The van der Waals surface area contributed by atoms with Crippen LogP contribution < -0.4 is 5.32 Å². The molecule has 4 heteroatoms. The van der Waals surface area contributed by atoms with Crippen molar-refractivity contribution in [3.05, 3.63) is 36.5 Å². The molecule has 0 spiro atoms. The van der Waals surface area contributed by atoms with Gasteiger partial charge in [-0.05, 0) is 32.1 Å². The Hall–Kier alpha value is -1.94. The summed E-state index contributed by atoms with van der Waals surface area (Å²) in [5.74, 6) is 0.187. The van der Waals surface area contributed by atoms with Gasteiger partial charge in [0.15, 0.2) is 0 Å². The highest BCUT2D eigenvalue weighted by atomic mass is 16.1. The molecule has 1 aromatic carbocycles. The Morgan fingerprint density at radius 2 is 2.21 bits per heavy atom. The van der Waals surface area contributed by atoms with E-state index in [0.717, 1.165) is 36.1 Å². The molecule has 0 bridgehead atoms. The SMILES string of the molecule is CN1CCC(C(=O)Nc2cccc3cccnc23)C1. The maximum Gasteiger partial charge on any atom is 0.228 e. The molecule has 1 aliphatic rings. The van der Waals surface area contributed by atoms with Gasteiger partial charge in [0, 0.05) is 18.1 Å². The van der Waals surface area contributed by atoms with Crippen LogP contribution in [0.1, 0.15) is 6.42 Å². The average molecular weight is 255 g/mol. The number of likely N-dealkylation sites (tertiary alicyclic amines) is 1. The molecule has 2 heterocycles. The number of nitrogens with one attached hydrogen (secondary N) is 1. The van der Waals surface area contributed by atoms with Crippen molar-refractivity contribution in [3.8, 4) is 0 Å². The molecule has 1 N–H and O–H groups in total. The van der Waals surface area contributed by atoms with Crippen molar-refractivity contribution < 1.29 is 4.79 Å². The third-order valence-corrected chi connectivity index (χ3v) is 3.65. The first-order valence-corrected chi connectivity index (χ1v) is 6.57. The average Bonchev–Trinajstić information content (AvgIpc) is 2.86. The number of carbonyl (C=O) groups is 1. The minimum atomic E-state index is 0.0870. The summed E-state index contributed by atoms with van der Waals surface area (Å²) in [6.45, 7) is 1.83. The zero-order valence-corrected chi connectivity index (χ0v) is 11.0. The smallest absolute Gasteiger partial charge is 0.228 e. The molecule has 1 aromatic heterocycles. The highest BCUT2D eigenvalue weighted by Gasteiger charge is 2.26. The van der Waals surface area contributed by atoms with E-state index in [0.29, 0.717) is 0 Å². The molecule has 1 fully saturated rings. The van der Waals surface area contributed by atoms with Gasteiger partial charge in [-0.1, -0.05) is 18.2 Å². The topological polar surface area (TPSA) is 45.2 Å². The molecule has 1 amide bonds. The maximum atomic E-state index is 12.2. The van der Waals surface area contributed by atoms with Crippen molar-refractivity contribution in [2.75, 3.05) is 25.5 Å². The van der Waals surface area contributed by atoms with Gasteiger partial charge in [-0.3, -0.25) is 9.78 Å². The van der Waals surface area contributed by atoms with Crippen LogP contribution in [0.15, 0.2) is 36.5 Å². The van der Waals surface area contributed by atoms with E-state index in [4.69, 9.17) is 0 Å². The van der Waals surface area contributed by atoms with Crippen LogP contribution in [0.4, 0.5) is 5.69 Å². The van der Waals surface area contributed by atoms with Crippen LogP contribution in [0.2, 0.25) is 0 Å². The summed E-state index contributed by atoms with van der Waals surface area (Å²) in [6.07, 6.45) is 2.68. The summed E-state index contributed by atoms with van der Waals surface area (Å²) in [7, 11) is 2.05. The van der Waals surface area contributed by atoms with Gasteiger partial charge in [0.25, 0.3) is 0 Å². The van der Waals surface area contributed by atoms with Gasteiger partial charge in [-0.15, -0.1) is 0 Å². The Kier molecular flexibility index (Phi) is 3.17. The van der Waals surface area contributed by atoms with Crippen LogP contribution in [-0.4, -0.2) is 35.9 Å². The first-order chi connectivity index (χ1) is 9.24. The van der Waals surface area contributed by atoms with Gasteiger partial charge in [0.1, 0.15) is 0 Å². The first kappa shape index (κ1) is 12.1. The molecular weight excluding hydrogens is 238 g/mol. The monoisotopic (exact) mass is 255 g/mol. The van der Waals surface area contributed by atoms with Crippen molar-refractivity contribution >= 4 is 22.5 Å². The summed E-state index contributed by atoms with van der Waals surface area (Å²) in [5, 5.41) is 4.06. The zero-order valence-electron chi connectivity index (χ0n) is 11.0. The van der Waals surface area contributed by atoms with Crippen LogP contribution in [0.3, 0.4) is 0 Å². The third-order valence-electron chi connectivity index (χ3n) is 3.65. The number of carbonyl (C=O) groups excluding carboxylic acids is 1. The highest BCUT2D eigenvalue weighted by molar-refractivity contribution is 6.01. The molecule has 1 aliphatic heterocycles. The molecule has 0 aliphatic carbocycles. The third kappa shape index (κ3) is 2.44. The van der Waals surface area contributed by atoms with Crippen LogP contribution >= 0.6 is 0 Å². The van der Waals surface area contributed by atoms with Crippen molar-refractivity contribution in [1.82, 2.24) is 9.88 Å². The standard InChI is InChI=1S/C15H17N3O/c1-18-9-7-12(10-18)15(19)17-13-6-2-4-11-5-3-8-16-14(11)13/h2-6,8,12H,7,9-10H2,1H3,(H,17,19). The van der Waals surface area contributed by atoms with E-state index in [1.165, 1.54) is 0 Å². The predicted octanol–water partition coefficient (Wildman–Crippen LogP) is 2.12. The molecular formula is C15H17N3O. The normalized spacial score (nSPS) is 19.7. The van der Waals surface area contributed by atoms with Gasteiger partial charge in [-0.25, -0.2) is 0 Å². The molecule has 3 rings (SSSR count). The number of para-hydroxylation sites is 1. The summed E-state index contributed by atoms with van der Waals surface area (Å²) < 4.78 is 0. The Morgan fingerprint density at radius 1 is 1.37 bits per heavy atom. The lowest BCUT2D eigenvalue weighted by Crippen LogP contribution is -2.25. The van der Waals surface area contributed by atoms with Crippen molar-refractivity contribution in [2.24, 2.45) is 5.92 Å². The maximum absolute atomic E-state index is 12.2. The lowest BCUT2D eigenvalue weighted by Gasteiger charge is -2.12. The van der Waals surface area contributed by atoms with Crippen LogP contribution in [0, 0.1) is 5.92 Å². The second kappa shape index (κ2) is 4.97. The van der Waals surface area contributed by atoms with E-state index in [9.17, 15) is 4.79 Å². The Bertz CT molecular complexity index is 606. The fourth-order valence-corrected chi connectivity index (χ4v) is 2.59. The van der Waals surface area contributed by atoms with Gasteiger partial charge < -0.3 is 10.2 Å². The van der Waals surface area contributed by atoms with E-state index in [-0.39, 0.29) is 11.8 Å². The number of hydrogen-bond acceptors (Lipinski definition) is 3. The van der Waals surface area contributed by atoms with E-state index in [2.05, 4.69) is 15.2 Å². The Balaban J connectivity index is 1.83. The molecule has 1 unspecified atom stereocenters. The number of benzene rings is 1. The van der Waals surface area contributed by atoms with Crippen LogP contribution in [0.5, 0.6) is 0 Å². The molecule has 4 nitrogen and oxygen atoms in total. The number of pyridine rings is 1. The molecule has 0 radical (unpaired) electrons. The molecule has 2 aromatic rings. The quantitative estimate of drug-likeness (QED) is 0.894. The van der Waals surface area contributed by atoms with Crippen molar-refractivity contribution in [1.29, 1.82) is 0 Å². The summed E-state index contributed by atoms with van der Waals surface area (Å²) in [4.78, 5) is 18.8. The lowest BCUT2D eigenvalue weighted by molar-refractivity contribution is -0.119. The molecule has 19 heavy (non-hydrogen) atoms. The van der Waals surface area contributed by atoms with Crippen molar-refractivity contribution in [2.45, 2.75) is 6.42 Å². The second-order valence-electron chi connectivity index (χ2n) is 5.12. The van der Waals surface area contributed by atoms with E-state index in [1.54, 1.807) is 6.20 Å². The second-order valence-corrected chi connectivity index (χ2v) is 5.12. The van der Waals surface area contributed by atoms with Crippen molar-refractivity contribution in [3.63, 3.8) is 0 Å². The lowest BCUT2D eigenvalue weighted by atomic mass is 10.1. The molecule has 1 atom stereocenters. The zero-order chi connectivity index (χ0) is 13.2. The van der Waals surface area contributed by atoms with E-state index >= 15 is 0 Å². The predicted molar refractivity (Wildman–Crippen MR) is 76.0 cm³/mol. The molecule has 1 saturated heterocycles. The number of amides is 1. The molecule has 98 valence electrons. The summed E-state index contributed by atoms with van der Waals surface area (Å²) in [5.41, 5.74) is 1.65. The van der Waals surface area contributed by atoms with Gasteiger partial charge in [0.05, 0.1) is 17.1 Å². The fourth-order valence-electron chi connectivity index (χ4n) is 2.59. The Morgan fingerprint density at radius 3 is 3.00 bits per heavy atom. The minimum Gasteiger partial charge on any atom is -0.324 e. The van der Waals surface area contributed by atoms with E-state index < -0.39 is 0 Å². The fraction of sp³-hybridized carbons (Fsp3) is 0.333. The largest absolute Gasteiger partial charge is 0.324 e. The number of rotatable bonds is 2. The van der Waals surface area contributed by atoms with Gasteiger partial charge in [0.2, 0.25) is 5.91 Å². The van der Waals surface area contributed by atoms with Gasteiger partial charge >= 0.3 is 0 Å². The van der Waals surface area contributed by atoms with Crippen LogP contribution in [-0.2, 0) is 4.79 Å². The highest BCUT2D eigenvalue weighted by Crippen LogP contribution is 2.23. The Labute approximate surface area is 112 Å². The number of fused-ring (bicyclic) bond motifs is 1. The number of aromatic nitrogens is 1. The minimum absolute atomic E-state index is 0.0870. The number of hydrogen-bond donors (Lipinski definition) is 1. The first-order valence-electron chi connectivity index (χ1n) is 6.57. The van der Waals surface area contributed by atoms with E-state index in [1.807, 2.05) is 37.4 Å². The number of nitrogens with zero attached hydrogens (tertiary/aromatic N) is 2.